The van der Waals surface area contributed by atoms with Gasteiger partial charge in [0.25, 0.3) is 0 Å². The van der Waals surface area contributed by atoms with Gasteiger partial charge in [-0.05, 0) is 84.6 Å². The molecule has 0 saturated heterocycles. The van der Waals surface area contributed by atoms with E-state index in [4.69, 9.17) is 9.47 Å². The van der Waals surface area contributed by atoms with E-state index in [0.717, 1.165) is 5.56 Å². The minimum absolute atomic E-state index is 0.0138. The Kier molecular flexibility index (Phi) is 13.0. The third kappa shape index (κ3) is 11.7. The van der Waals surface area contributed by atoms with Crippen LogP contribution in [0.2, 0.25) is 0 Å². The van der Waals surface area contributed by atoms with Crippen LogP contribution >= 0.6 is 0 Å². The maximum atomic E-state index is 14.4. The average molecular weight is 626 g/mol. The molecule has 0 spiro atoms. The van der Waals surface area contributed by atoms with E-state index in [1.54, 1.807) is 67.5 Å². The van der Waals surface area contributed by atoms with Crippen LogP contribution in [0.1, 0.15) is 92.8 Å². The molecular formula is C35H51N3O7. The Morgan fingerprint density at radius 3 is 1.87 bits per heavy atom. The van der Waals surface area contributed by atoms with Gasteiger partial charge in [-0.3, -0.25) is 9.59 Å². The molecule has 2 aromatic carbocycles. The minimum Gasteiger partial charge on any atom is -0.508 e. The van der Waals surface area contributed by atoms with Crippen LogP contribution in [-0.2, 0) is 30.3 Å². The highest BCUT2D eigenvalue weighted by molar-refractivity contribution is 5.94. The van der Waals surface area contributed by atoms with Crippen LogP contribution in [0, 0.1) is 5.92 Å². The first-order valence-electron chi connectivity index (χ1n) is 15.5. The van der Waals surface area contributed by atoms with Crippen molar-refractivity contribution in [2.75, 3.05) is 0 Å². The Bertz CT molecular complexity index is 1280. The fourth-order valence-electron chi connectivity index (χ4n) is 4.72. The van der Waals surface area contributed by atoms with Gasteiger partial charge in [0.2, 0.25) is 11.8 Å². The maximum Gasteiger partial charge on any atom is 0.408 e. The van der Waals surface area contributed by atoms with E-state index >= 15 is 0 Å². The van der Waals surface area contributed by atoms with Crippen LogP contribution in [0.25, 0.3) is 0 Å². The van der Waals surface area contributed by atoms with Gasteiger partial charge in [0, 0.05) is 12.5 Å². The summed E-state index contributed by atoms with van der Waals surface area (Å²) in [5, 5.41) is 15.6. The molecular weight excluding hydrogens is 574 g/mol. The number of nitrogens with one attached hydrogen (secondary N) is 2. The van der Waals surface area contributed by atoms with Crippen molar-refractivity contribution < 1.29 is 33.8 Å². The van der Waals surface area contributed by atoms with Crippen molar-refractivity contribution in [2.45, 2.75) is 117 Å². The average Bonchev–Trinajstić information content (AvgIpc) is 2.92. The lowest BCUT2D eigenvalue weighted by molar-refractivity contribution is -0.159. The number of carbonyl (C=O) groups excluding carboxylic acids is 4. The SMILES string of the molecule is CCC(C)C(NC(=O)OC(C)(C)C)C(=O)N(C(C)C)C(C(=O)NC(Cc1ccccc1)C(=O)OC(C)(C)C)c1ccc(O)cc1. The molecule has 0 aliphatic rings. The quantitative estimate of drug-likeness (QED) is 0.259. The number of carbonyl (C=O) groups is 4. The lowest BCUT2D eigenvalue weighted by Crippen LogP contribution is -2.58. The van der Waals surface area contributed by atoms with Crippen molar-refractivity contribution in [1.29, 1.82) is 0 Å². The number of ether oxygens (including phenoxy) is 2. The van der Waals surface area contributed by atoms with Gasteiger partial charge in [0.15, 0.2) is 0 Å². The molecule has 0 aliphatic carbocycles. The zero-order chi connectivity index (χ0) is 34.1. The summed E-state index contributed by atoms with van der Waals surface area (Å²) in [5.41, 5.74) is -0.362. The number of hydrogen-bond donors (Lipinski definition) is 3. The standard InChI is InChI=1S/C35H51N3O7/c1-11-23(4)28(37-33(43)45-35(8,9)10)31(41)38(22(2)3)29(25-17-19-26(39)20-18-25)30(40)36-27(32(42)44-34(5,6)7)21-24-15-13-12-14-16-24/h12-20,22-23,27-29,39H,11,21H2,1-10H3,(H,36,40)(H,37,43). The molecule has 0 aliphatic heterocycles. The molecule has 4 atom stereocenters. The lowest BCUT2D eigenvalue weighted by atomic mass is 9.94. The number of nitrogens with zero attached hydrogens (tertiary/aromatic N) is 1. The summed E-state index contributed by atoms with van der Waals surface area (Å²) in [6, 6.07) is 11.4. The van der Waals surface area contributed by atoms with Crippen molar-refractivity contribution in [3.63, 3.8) is 0 Å². The highest BCUT2D eigenvalue weighted by Gasteiger charge is 2.41. The molecule has 0 bridgehead atoms. The molecule has 3 amide bonds. The van der Waals surface area contributed by atoms with Crippen molar-refractivity contribution in [1.82, 2.24) is 15.5 Å². The molecule has 0 radical (unpaired) electrons. The van der Waals surface area contributed by atoms with Crippen LogP contribution < -0.4 is 10.6 Å². The number of aromatic hydroxyl groups is 1. The van der Waals surface area contributed by atoms with Gasteiger partial charge in [0.05, 0.1) is 0 Å². The second kappa shape index (κ2) is 15.8. The molecule has 0 fully saturated rings. The molecule has 0 saturated carbocycles. The predicted molar refractivity (Wildman–Crippen MR) is 173 cm³/mol. The molecule has 4 unspecified atom stereocenters. The van der Waals surface area contributed by atoms with Gasteiger partial charge in [-0.15, -0.1) is 0 Å². The van der Waals surface area contributed by atoms with Crippen LogP contribution in [0.4, 0.5) is 4.79 Å². The number of benzene rings is 2. The van der Waals surface area contributed by atoms with E-state index in [1.165, 1.54) is 17.0 Å². The molecule has 2 aromatic rings. The predicted octanol–water partition coefficient (Wildman–Crippen LogP) is 5.68. The summed E-state index contributed by atoms with van der Waals surface area (Å²) in [6.45, 7) is 17.7. The van der Waals surface area contributed by atoms with Crippen LogP contribution in [0.15, 0.2) is 54.6 Å². The number of rotatable bonds is 12. The normalized spacial score (nSPS) is 14.5. The minimum atomic E-state index is -1.22. The number of alkyl carbamates (subject to hydrolysis) is 1. The summed E-state index contributed by atoms with van der Waals surface area (Å²) in [4.78, 5) is 56.4. The topological polar surface area (TPSA) is 134 Å². The van der Waals surface area contributed by atoms with Gasteiger partial charge in [-0.25, -0.2) is 9.59 Å². The number of amides is 3. The summed E-state index contributed by atoms with van der Waals surface area (Å²) < 4.78 is 11.1. The Labute approximate surface area is 267 Å². The molecule has 248 valence electrons. The van der Waals surface area contributed by atoms with E-state index in [1.807, 2.05) is 44.2 Å². The van der Waals surface area contributed by atoms with E-state index in [9.17, 15) is 24.3 Å². The smallest absolute Gasteiger partial charge is 0.408 e. The molecule has 45 heavy (non-hydrogen) atoms. The molecule has 10 heteroatoms. The lowest BCUT2D eigenvalue weighted by Gasteiger charge is -2.39. The van der Waals surface area contributed by atoms with Gasteiger partial charge in [-0.1, -0.05) is 62.7 Å². The van der Waals surface area contributed by atoms with Crippen molar-refractivity contribution >= 4 is 23.9 Å². The van der Waals surface area contributed by atoms with Crippen molar-refractivity contribution in [2.24, 2.45) is 5.92 Å². The van der Waals surface area contributed by atoms with Crippen molar-refractivity contribution in [3.8, 4) is 5.75 Å². The highest BCUT2D eigenvalue weighted by atomic mass is 16.6. The van der Waals surface area contributed by atoms with Gasteiger partial charge in [0.1, 0.15) is 35.1 Å². The molecule has 0 aromatic heterocycles. The highest BCUT2D eigenvalue weighted by Crippen LogP contribution is 2.28. The van der Waals surface area contributed by atoms with Gasteiger partial charge >= 0.3 is 12.1 Å². The summed E-state index contributed by atoms with van der Waals surface area (Å²) in [6.07, 6.45) is -0.0236. The zero-order valence-electron chi connectivity index (χ0n) is 28.3. The summed E-state index contributed by atoms with van der Waals surface area (Å²) in [7, 11) is 0. The van der Waals surface area contributed by atoms with E-state index in [0.29, 0.717) is 12.0 Å². The van der Waals surface area contributed by atoms with E-state index < -0.39 is 59.2 Å². The number of hydrogen-bond acceptors (Lipinski definition) is 7. The first-order chi connectivity index (χ1) is 20.8. The molecule has 3 N–H and O–H groups in total. The first-order valence-corrected chi connectivity index (χ1v) is 15.5. The number of esters is 1. The monoisotopic (exact) mass is 625 g/mol. The fraction of sp³-hybridized carbons (Fsp3) is 0.543. The largest absolute Gasteiger partial charge is 0.508 e. The Hall–Kier alpha value is -4.08. The molecule has 10 nitrogen and oxygen atoms in total. The first kappa shape index (κ1) is 37.1. The van der Waals surface area contributed by atoms with Crippen LogP contribution in [0.5, 0.6) is 5.75 Å². The van der Waals surface area contributed by atoms with Crippen LogP contribution in [0.3, 0.4) is 0 Å². The zero-order valence-corrected chi connectivity index (χ0v) is 28.3. The number of phenolic OH excluding ortho intramolecular Hbond substituents is 1. The molecule has 0 heterocycles. The Morgan fingerprint density at radius 1 is 0.822 bits per heavy atom. The summed E-state index contributed by atoms with van der Waals surface area (Å²) >= 11 is 0. The third-order valence-corrected chi connectivity index (χ3v) is 6.99. The van der Waals surface area contributed by atoms with Crippen molar-refractivity contribution in [3.05, 3.63) is 65.7 Å². The summed E-state index contributed by atoms with van der Waals surface area (Å²) in [5.74, 6) is -2.04. The van der Waals surface area contributed by atoms with Crippen LogP contribution in [-0.4, -0.2) is 63.2 Å². The third-order valence-electron chi connectivity index (χ3n) is 6.99. The second-order valence-electron chi connectivity index (χ2n) is 13.6. The van der Waals surface area contributed by atoms with Gasteiger partial charge < -0.3 is 30.1 Å². The Balaban J connectivity index is 2.60. The molecule has 2 rings (SSSR count). The maximum absolute atomic E-state index is 14.4. The van der Waals surface area contributed by atoms with E-state index in [2.05, 4.69) is 10.6 Å². The fourth-order valence-corrected chi connectivity index (χ4v) is 4.72. The van der Waals surface area contributed by atoms with Gasteiger partial charge in [-0.2, -0.15) is 0 Å². The second-order valence-corrected chi connectivity index (χ2v) is 13.6. The Morgan fingerprint density at radius 2 is 1.38 bits per heavy atom. The number of phenols is 1. The van der Waals surface area contributed by atoms with E-state index in [-0.39, 0.29) is 18.1 Å².